The summed E-state index contributed by atoms with van der Waals surface area (Å²) < 4.78 is 0. The highest BCUT2D eigenvalue weighted by Crippen LogP contribution is 2.34. The van der Waals surface area contributed by atoms with Crippen LogP contribution in [0.1, 0.15) is 5.56 Å². The highest BCUT2D eigenvalue weighted by Gasteiger charge is 2.10. The van der Waals surface area contributed by atoms with E-state index in [-0.39, 0.29) is 0 Å². The quantitative estimate of drug-likeness (QED) is 0.582. The first-order valence-corrected chi connectivity index (χ1v) is 8.66. The summed E-state index contributed by atoms with van der Waals surface area (Å²) in [4.78, 5) is 9.53. The van der Waals surface area contributed by atoms with Crippen LogP contribution < -0.4 is 11.1 Å². The third-order valence-electron chi connectivity index (χ3n) is 3.21. The molecule has 0 saturated carbocycles. The molecule has 3 N–H and O–H groups in total. The zero-order valence-corrected chi connectivity index (χ0v) is 15.1. The molecule has 0 bridgehead atoms. The molecule has 122 valence electrons. The zero-order chi connectivity index (χ0) is 17.1. The van der Waals surface area contributed by atoms with Gasteiger partial charge in [-0.25, -0.2) is 9.97 Å². The monoisotopic (exact) mass is 376 g/mol. The van der Waals surface area contributed by atoms with Crippen molar-refractivity contribution in [3.05, 3.63) is 64.4 Å². The molecule has 24 heavy (non-hydrogen) atoms. The Bertz CT molecular complexity index is 849. The summed E-state index contributed by atoms with van der Waals surface area (Å²) in [5.41, 5.74) is 8.60. The first-order valence-electron chi connectivity index (χ1n) is 7.09. The Morgan fingerprint density at radius 3 is 2.33 bits per heavy atom. The van der Waals surface area contributed by atoms with Gasteiger partial charge in [-0.2, -0.15) is 0 Å². The van der Waals surface area contributed by atoms with Crippen molar-refractivity contribution < 1.29 is 0 Å². The third-order valence-corrected chi connectivity index (χ3v) is 4.67. The maximum atomic E-state index is 6.21. The molecule has 2 aromatic carbocycles. The Kier molecular flexibility index (Phi) is 5.14. The van der Waals surface area contributed by atoms with E-state index >= 15 is 0 Å². The van der Waals surface area contributed by atoms with Crippen LogP contribution in [0.2, 0.25) is 10.0 Å². The summed E-state index contributed by atoms with van der Waals surface area (Å²) in [6, 6.07) is 13.3. The predicted octanol–water partition coefficient (Wildman–Crippen LogP) is 5.57. The predicted molar refractivity (Wildman–Crippen MR) is 101 cm³/mol. The maximum Gasteiger partial charge on any atom is 0.158 e. The summed E-state index contributed by atoms with van der Waals surface area (Å²) in [5.74, 6) is 0.512. The Morgan fingerprint density at radius 1 is 1.00 bits per heavy atom. The molecule has 0 saturated heterocycles. The van der Waals surface area contributed by atoms with Crippen molar-refractivity contribution >= 4 is 52.2 Å². The average Bonchev–Trinajstić information content (AvgIpc) is 2.52. The first-order chi connectivity index (χ1) is 11.5. The molecule has 0 aliphatic rings. The minimum absolute atomic E-state index is 0.471. The molecule has 1 aromatic heterocycles. The van der Waals surface area contributed by atoms with Crippen molar-refractivity contribution in [1.82, 2.24) is 9.97 Å². The zero-order valence-electron chi connectivity index (χ0n) is 12.8. The lowest BCUT2D eigenvalue weighted by Crippen LogP contribution is -2.02. The summed E-state index contributed by atoms with van der Waals surface area (Å²) in [7, 11) is 0. The standard InChI is InChI=1S/C17H14Cl2N4S/c1-10-2-4-14(5-3-10)24-17-15(20)16(21-9-22-17)23-13-7-11(18)6-12(19)8-13/h2-9H,20H2,1H3,(H,21,22,23). The van der Waals surface area contributed by atoms with Crippen LogP contribution in [0.25, 0.3) is 0 Å². The molecule has 0 aliphatic carbocycles. The second kappa shape index (κ2) is 7.30. The fourth-order valence-corrected chi connectivity index (χ4v) is 3.37. The van der Waals surface area contributed by atoms with Gasteiger partial charge in [0.2, 0.25) is 0 Å². The molecule has 0 radical (unpaired) electrons. The van der Waals surface area contributed by atoms with E-state index in [9.17, 15) is 0 Å². The topological polar surface area (TPSA) is 63.8 Å². The number of nitrogens with two attached hydrogens (primary N) is 1. The average molecular weight is 377 g/mol. The van der Waals surface area contributed by atoms with Gasteiger partial charge in [0, 0.05) is 20.6 Å². The van der Waals surface area contributed by atoms with E-state index in [1.54, 1.807) is 18.2 Å². The number of hydrogen-bond acceptors (Lipinski definition) is 5. The van der Waals surface area contributed by atoms with Gasteiger partial charge in [-0.1, -0.05) is 52.7 Å². The van der Waals surface area contributed by atoms with Gasteiger partial charge in [0.05, 0.1) is 0 Å². The van der Waals surface area contributed by atoms with Gasteiger partial charge >= 0.3 is 0 Å². The number of nitrogens with one attached hydrogen (secondary N) is 1. The van der Waals surface area contributed by atoms with E-state index in [0.717, 1.165) is 4.90 Å². The van der Waals surface area contributed by atoms with E-state index in [1.807, 2.05) is 31.2 Å². The SMILES string of the molecule is Cc1ccc(Sc2ncnc(Nc3cc(Cl)cc(Cl)c3)c2N)cc1. The van der Waals surface area contributed by atoms with E-state index in [0.29, 0.717) is 32.3 Å². The van der Waals surface area contributed by atoms with Crippen LogP contribution in [-0.2, 0) is 0 Å². The summed E-state index contributed by atoms with van der Waals surface area (Å²) in [6.07, 6.45) is 1.47. The lowest BCUT2D eigenvalue weighted by atomic mass is 10.2. The van der Waals surface area contributed by atoms with Gasteiger partial charge in [0.15, 0.2) is 5.82 Å². The highest BCUT2D eigenvalue weighted by molar-refractivity contribution is 7.99. The molecular weight excluding hydrogens is 363 g/mol. The molecule has 0 fully saturated rings. The second-order valence-electron chi connectivity index (χ2n) is 5.14. The molecule has 0 amide bonds. The first kappa shape index (κ1) is 16.9. The number of nitrogens with zero attached hydrogens (tertiary/aromatic N) is 2. The molecule has 1 heterocycles. The number of aryl methyl sites for hydroxylation is 1. The maximum absolute atomic E-state index is 6.21. The Hall–Kier alpha value is -1.95. The van der Waals surface area contributed by atoms with Crippen LogP contribution in [0.3, 0.4) is 0 Å². The number of aromatic nitrogens is 2. The van der Waals surface area contributed by atoms with Crippen molar-refractivity contribution in [3.63, 3.8) is 0 Å². The molecular formula is C17H14Cl2N4S. The molecule has 3 rings (SSSR count). The lowest BCUT2D eigenvalue weighted by molar-refractivity contribution is 1.06. The minimum atomic E-state index is 0.471. The van der Waals surface area contributed by atoms with E-state index in [2.05, 4.69) is 15.3 Å². The molecule has 3 aromatic rings. The normalized spacial score (nSPS) is 10.6. The molecule has 4 nitrogen and oxygen atoms in total. The number of hydrogen-bond donors (Lipinski definition) is 2. The summed E-state index contributed by atoms with van der Waals surface area (Å²) in [5, 5.41) is 4.88. The molecule has 0 atom stereocenters. The number of nitrogen functional groups attached to an aromatic ring is 1. The van der Waals surface area contributed by atoms with Gasteiger partial charge in [0.25, 0.3) is 0 Å². The number of benzene rings is 2. The van der Waals surface area contributed by atoms with Crippen LogP contribution in [0.4, 0.5) is 17.2 Å². The van der Waals surface area contributed by atoms with E-state index in [1.165, 1.54) is 23.7 Å². The largest absolute Gasteiger partial charge is 0.394 e. The van der Waals surface area contributed by atoms with Crippen LogP contribution in [0.15, 0.2) is 58.7 Å². The third kappa shape index (κ3) is 4.12. The van der Waals surface area contributed by atoms with Crippen LogP contribution >= 0.6 is 35.0 Å². The molecule has 0 aliphatic heterocycles. The number of halogens is 2. The van der Waals surface area contributed by atoms with E-state index in [4.69, 9.17) is 28.9 Å². The number of rotatable bonds is 4. The van der Waals surface area contributed by atoms with Gasteiger partial charge < -0.3 is 11.1 Å². The summed E-state index contributed by atoms with van der Waals surface area (Å²) >= 11 is 13.5. The van der Waals surface area contributed by atoms with Gasteiger partial charge in [-0.15, -0.1) is 0 Å². The van der Waals surface area contributed by atoms with Crippen molar-refractivity contribution in [2.75, 3.05) is 11.1 Å². The summed E-state index contributed by atoms with van der Waals surface area (Å²) in [6.45, 7) is 2.05. The van der Waals surface area contributed by atoms with E-state index < -0.39 is 0 Å². The van der Waals surface area contributed by atoms with Crippen molar-refractivity contribution in [1.29, 1.82) is 0 Å². The number of anilines is 3. The van der Waals surface area contributed by atoms with Crippen LogP contribution in [0, 0.1) is 6.92 Å². The molecule has 0 spiro atoms. The minimum Gasteiger partial charge on any atom is -0.394 e. The smallest absolute Gasteiger partial charge is 0.158 e. The fraction of sp³-hybridized carbons (Fsp3) is 0.0588. The van der Waals surface area contributed by atoms with Crippen LogP contribution in [0.5, 0.6) is 0 Å². The van der Waals surface area contributed by atoms with Crippen molar-refractivity contribution in [2.45, 2.75) is 16.8 Å². The Labute approximate surface area is 154 Å². The van der Waals surface area contributed by atoms with Gasteiger partial charge in [-0.05, 0) is 37.3 Å². The van der Waals surface area contributed by atoms with Crippen molar-refractivity contribution in [3.8, 4) is 0 Å². The highest BCUT2D eigenvalue weighted by atomic mass is 35.5. The van der Waals surface area contributed by atoms with Gasteiger partial charge in [-0.3, -0.25) is 0 Å². The molecule has 7 heteroatoms. The second-order valence-corrected chi connectivity index (χ2v) is 7.07. The fourth-order valence-electron chi connectivity index (χ4n) is 2.04. The van der Waals surface area contributed by atoms with Crippen molar-refractivity contribution in [2.24, 2.45) is 0 Å². The molecule has 0 unspecified atom stereocenters. The lowest BCUT2D eigenvalue weighted by Gasteiger charge is -2.11. The Morgan fingerprint density at radius 2 is 1.67 bits per heavy atom. The Balaban J connectivity index is 1.86. The van der Waals surface area contributed by atoms with Gasteiger partial charge in [0.1, 0.15) is 17.0 Å². The van der Waals surface area contributed by atoms with Crippen LogP contribution in [-0.4, -0.2) is 9.97 Å².